The molecule has 0 saturated heterocycles. The van der Waals surface area contributed by atoms with Crippen LogP contribution in [-0.2, 0) is 11.2 Å². The lowest BCUT2D eigenvalue weighted by molar-refractivity contribution is -0.118. The molecule has 0 heterocycles. The van der Waals surface area contributed by atoms with Crippen molar-refractivity contribution < 1.29 is 9.53 Å². The van der Waals surface area contributed by atoms with Gasteiger partial charge in [-0.3, -0.25) is 9.69 Å². The van der Waals surface area contributed by atoms with Gasteiger partial charge in [-0.2, -0.15) is 5.26 Å². The zero-order valence-corrected chi connectivity index (χ0v) is 10.8. The van der Waals surface area contributed by atoms with Crippen molar-refractivity contribution in [1.82, 2.24) is 4.90 Å². The van der Waals surface area contributed by atoms with Crippen LogP contribution in [0.25, 0.3) is 0 Å². The second kappa shape index (κ2) is 7.46. The van der Waals surface area contributed by atoms with E-state index in [9.17, 15) is 4.79 Å². The lowest BCUT2D eigenvalue weighted by Crippen LogP contribution is -2.27. The molecule has 0 aliphatic carbocycles. The summed E-state index contributed by atoms with van der Waals surface area (Å²) in [6, 6.07) is 9.76. The molecule has 0 spiro atoms. The maximum absolute atomic E-state index is 11.3. The summed E-state index contributed by atoms with van der Waals surface area (Å²) in [5.41, 5.74) is 1.20. The van der Waals surface area contributed by atoms with Gasteiger partial charge in [0.1, 0.15) is 5.75 Å². The Hall–Kier alpha value is -1.86. The molecule has 0 N–H and O–H groups in total. The van der Waals surface area contributed by atoms with Crippen molar-refractivity contribution >= 4 is 5.78 Å². The first-order valence-corrected chi connectivity index (χ1v) is 5.86. The summed E-state index contributed by atoms with van der Waals surface area (Å²) in [4.78, 5) is 13.2. The van der Waals surface area contributed by atoms with Gasteiger partial charge in [0, 0.05) is 6.54 Å². The van der Waals surface area contributed by atoms with Crippen molar-refractivity contribution in [3.63, 3.8) is 0 Å². The third kappa shape index (κ3) is 4.98. The number of nitrogens with zero attached hydrogens (tertiary/aromatic N) is 2. The summed E-state index contributed by atoms with van der Waals surface area (Å²) >= 11 is 0. The summed E-state index contributed by atoms with van der Waals surface area (Å²) in [5, 5.41) is 8.41. The molecule has 0 amide bonds. The van der Waals surface area contributed by atoms with Crippen molar-refractivity contribution in [3.05, 3.63) is 29.8 Å². The smallest absolute Gasteiger partial charge is 0.160 e. The Morgan fingerprint density at radius 1 is 1.39 bits per heavy atom. The normalized spacial score (nSPS) is 10.1. The molecule has 0 unspecified atom stereocenters. The molecule has 1 aromatic rings. The number of rotatable bonds is 7. The largest absolute Gasteiger partial charge is 0.497 e. The number of hydrogen-bond donors (Lipinski definition) is 0. The minimum atomic E-state index is -0.0327. The quantitative estimate of drug-likeness (QED) is 0.734. The molecule has 0 fully saturated rings. The molecule has 18 heavy (non-hydrogen) atoms. The van der Waals surface area contributed by atoms with Crippen molar-refractivity contribution in [2.75, 3.05) is 27.2 Å². The monoisotopic (exact) mass is 246 g/mol. The minimum absolute atomic E-state index is 0.00707. The van der Waals surface area contributed by atoms with Crippen molar-refractivity contribution in [1.29, 1.82) is 5.26 Å². The molecule has 0 aromatic heterocycles. The number of ketones is 1. The first-order valence-electron chi connectivity index (χ1n) is 5.86. The van der Waals surface area contributed by atoms with Crippen LogP contribution in [0.3, 0.4) is 0 Å². The van der Waals surface area contributed by atoms with Crippen LogP contribution >= 0.6 is 0 Å². The lowest BCUT2D eigenvalue weighted by atomic mass is 10.1. The number of nitriles is 1. The Balaban J connectivity index is 2.35. The predicted octanol–water partition coefficient (Wildman–Crippen LogP) is 1.65. The van der Waals surface area contributed by atoms with Crippen LogP contribution in [0.4, 0.5) is 0 Å². The molecular weight excluding hydrogens is 228 g/mol. The molecule has 1 rings (SSSR count). The van der Waals surface area contributed by atoms with Gasteiger partial charge in [-0.25, -0.2) is 0 Å². The van der Waals surface area contributed by atoms with Gasteiger partial charge in [0.2, 0.25) is 0 Å². The summed E-state index contributed by atoms with van der Waals surface area (Å²) < 4.78 is 5.09. The van der Waals surface area contributed by atoms with Gasteiger partial charge in [0.05, 0.1) is 26.1 Å². The number of hydrogen-bond acceptors (Lipinski definition) is 4. The molecule has 4 heteroatoms. The predicted molar refractivity (Wildman–Crippen MR) is 69.4 cm³/mol. The fourth-order valence-electron chi connectivity index (χ4n) is 1.64. The Labute approximate surface area is 108 Å². The number of likely N-dealkylation sites (N-methyl/N-ethyl adjacent to an activating group) is 1. The summed E-state index contributed by atoms with van der Waals surface area (Å²) in [6.07, 6.45) is 0.868. The maximum atomic E-state index is 11.3. The van der Waals surface area contributed by atoms with Crippen LogP contribution < -0.4 is 4.74 Å². The Morgan fingerprint density at radius 3 is 2.61 bits per heavy atom. The second-order valence-corrected chi connectivity index (χ2v) is 4.21. The first-order chi connectivity index (χ1) is 8.65. The van der Waals surface area contributed by atoms with E-state index in [2.05, 4.69) is 0 Å². The van der Waals surface area contributed by atoms with Gasteiger partial charge in [0.25, 0.3) is 0 Å². The number of Topliss-reactive ketones (excluding diaryl/α,β-unsaturated/α-hetero) is 1. The number of carbonyl (C=O) groups excluding carboxylic acids is 1. The molecule has 0 bridgehead atoms. The Bertz CT molecular complexity index is 420. The third-order valence-electron chi connectivity index (χ3n) is 2.66. The van der Waals surface area contributed by atoms with Gasteiger partial charge >= 0.3 is 0 Å². The van der Waals surface area contributed by atoms with Gasteiger partial charge in [-0.15, -0.1) is 0 Å². The van der Waals surface area contributed by atoms with Crippen molar-refractivity contribution in [3.8, 4) is 11.8 Å². The lowest BCUT2D eigenvalue weighted by Gasteiger charge is -2.14. The molecule has 0 aliphatic heterocycles. The zero-order valence-electron chi connectivity index (χ0n) is 10.8. The van der Waals surface area contributed by atoms with Crippen molar-refractivity contribution in [2.24, 2.45) is 0 Å². The van der Waals surface area contributed by atoms with E-state index in [4.69, 9.17) is 10.00 Å². The van der Waals surface area contributed by atoms with Crippen LogP contribution in [0.5, 0.6) is 5.75 Å². The SMILES string of the molecule is COc1ccc(CCN(C)CC(=O)CC#N)cc1. The average molecular weight is 246 g/mol. The van der Waals surface area contributed by atoms with Gasteiger partial charge in [-0.1, -0.05) is 12.1 Å². The number of methoxy groups -OCH3 is 1. The maximum Gasteiger partial charge on any atom is 0.160 e. The van der Waals surface area contributed by atoms with E-state index in [1.807, 2.05) is 42.3 Å². The van der Waals surface area contributed by atoms with E-state index in [1.54, 1.807) is 7.11 Å². The highest BCUT2D eigenvalue weighted by atomic mass is 16.5. The highest BCUT2D eigenvalue weighted by Gasteiger charge is 2.06. The highest BCUT2D eigenvalue weighted by molar-refractivity contribution is 5.82. The van der Waals surface area contributed by atoms with Crippen molar-refractivity contribution in [2.45, 2.75) is 12.8 Å². The molecule has 0 atom stereocenters. The summed E-state index contributed by atoms with van der Waals surface area (Å²) in [7, 11) is 3.53. The molecule has 4 nitrogen and oxygen atoms in total. The van der Waals surface area contributed by atoms with E-state index in [-0.39, 0.29) is 12.2 Å². The van der Waals surface area contributed by atoms with E-state index in [0.717, 1.165) is 18.7 Å². The average Bonchev–Trinajstić information content (AvgIpc) is 2.37. The summed E-state index contributed by atoms with van der Waals surface area (Å²) in [6.45, 7) is 1.13. The molecular formula is C14H18N2O2. The zero-order chi connectivity index (χ0) is 13.4. The van der Waals surface area contributed by atoms with E-state index < -0.39 is 0 Å². The van der Waals surface area contributed by atoms with Gasteiger partial charge in [0.15, 0.2) is 5.78 Å². The fourth-order valence-corrected chi connectivity index (χ4v) is 1.64. The molecule has 0 radical (unpaired) electrons. The van der Waals surface area contributed by atoms with Crippen LogP contribution in [0.15, 0.2) is 24.3 Å². The molecule has 0 saturated carbocycles. The number of ether oxygens (including phenoxy) is 1. The molecule has 0 aliphatic rings. The molecule has 1 aromatic carbocycles. The van der Waals surface area contributed by atoms with E-state index in [1.165, 1.54) is 5.56 Å². The fraction of sp³-hybridized carbons (Fsp3) is 0.429. The second-order valence-electron chi connectivity index (χ2n) is 4.21. The van der Waals surface area contributed by atoms with Crippen LogP contribution in [0.1, 0.15) is 12.0 Å². The Morgan fingerprint density at radius 2 is 2.06 bits per heavy atom. The summed E-state index contributed by atoms with van der Waals surface area (Å²) in [5.74, 6) is 0.811. The van der Waals surface area contributed by atoms with E-state index in [0.29, 0.717) is 6.54 Å². The number of carbonyl (C=O) groups is 1. The highest BCUT2D eigenvalue weighted by Crippen LogP contribution is 2.11. The Kier molecular flexibility index (Phi) is 5.89. The van der Waals surface area contributed by atoms with Crippen LogP contribution in [0.2, 0.25) is 0 Å². The van der Waals surface area contributed by atoms with Crippen LogP contribution in [-0.4, -0.2) is 37.9 Å². The van der Waals surface area contributed by atoms with Gasteiger partial charge in [-0.05, 0) is 31.2 Å². The topological polar surface area (TPSA) is 53.3 Å². The van der Waals surface area contributed by atoms with Gasteiger partial charge < -0.3 is 4.74 Å². The minimum Gasteiger partial charge on any atom is -0.497 e. The third-order valence-corrected chi connectivity index (χ3v) is 2.66. The molecule has 96 valence electrons. The first kappa shape index (κ1) is 14.2. The standard InChI is InChI=1S/C14H18N2O2/c1-16(11-13(17)7-9-15)10-8-12-3-5-14(18-2)6-4-12/h3-6H,7-8,10-11H2,1-2H3. The van der Waals surface area contributed by atoms with Crippen LogP contribution in [0, 0.1) is 11.3 Å². The van der Waals surface area contributed by atoms with E-state index >= 15 is 0 Å². The number of benzene rings is 1.